The Hall–Kier alpha value is -2.49. The van der Waals surface area contributed by atoms with Crippen molar-refractivity contribution >= 4 is 25.2 Å². The molecule has 28 heavy (non-hydrogen) atoms. The van der Waals surface area contributed by atoms with Crippen LogP contribution in [0.1, 0.15) is 42.3 Å². The average Bonchev–Trinajstić information content (AvgIpc) is 3.02. The number of rotatable bonds is 4. The van der Waals surface area contributed by atoms with E-state index < -0.39 is 15.1 Å². The summed E-state index contributed by atoms with van der Waals surface area (Å²) in [6.07, 6.45) is 0.256. The summed E-state index contributed by atoms with van der Waals surface area (Å²) in [4.78, 5) is 13.2. The molecule has 4 rings (SSSR count). The summed E-state index contributed by atoms with van der Waals surface area (Å²) in [5.74, 6) is 0.121. The third-order valence-corrected chi connectivity index (χ3v) is 7.51. The Morgan fingerprint density at radius 3 is 1.96 bits per heavy atom. The first-order valence-corrected chi connectivity index (χ1v) is 11.2. The lowest BCUT2D eigenvalue weighted by molar-refractivity contribution is 0.0825. The molecule has 1 unspecified atom stereocenters. The van der Waals surface area contributed by atoms with Gasteiger partial charge in [-0.05, 0) is 33.0 Å². The van der Waals surface area contributed by atoms with Crippen LogP contribution < -0.4 is 10.4 Å². The second-order valence-electron chi connectivity index (χ2n) is 8.36. The molecule has 141 valence electrons. The molecule has 0 heterocycles. The van der Waals surface area contributed by atoms with Gasteiger partial charge in [0.15, 0.2) is 5.78 Å². The summed E-state index contributed by atoms with van der Waals surface area (Å²) in [6.45, 7) is 6.52. The molecule has 0 spiro atoms. The Balaban J connectivity index is 1.64. The predicted molar refractivity (Wildman–Crippen MR) is 116 cm³/mol. The molecule has 0 N–H and O–H groups in total. The number of hydrogen-bond acceptors (Lipinski definition) is 2. The molecule has 2 nitrogen and oxygen atoms in total. The lowest BCUT2D eigenvalue weighted by atomic mass is 9.85. The highest BCUT2D eigenvalue weighted by Crippen LogP contribution is 2.30. The summed E-state index contributed by atoms with van der Waals surface area (Å²) in [5.41, 5.74) is 3.15. The van der Waals surface area contributed by atoms with Crippen LogP contribution in [-0.4, -0.2) is 20.9 Å². The van der Waals surface area contributed by atoms with E-state index in [0.29, 0.717) is 6.42 Å². The van der Waals surface area contributed by atoms with Gasteiger partial charge in [0.25, 0.3) is 9.04 Å². The van der Waals surface area contributed by atoms with E-state index in [2.05, 4.69) is 63.2 Å². The SMILES string of the molecule is CC(C)(C)c1ccc2c(c1)C(=O)C(O[Si](c1ccccc1)c1ccccc1)C2. The molecular weight excluding hydrogens is 360 g/mol. The van der Waals surface area contributed by atoms with Crippen LogP contribution in [-0.2, 0) is 16.3 Å². The number of Topliss-reactive ketones (excluding diaryl/α,β-unsaturated/α-hetero) is 1. The molecule has 0 fully saturated rings. The van der Waals surface area contributed by atoms with Crippen LogP contribution >= 0.6 is 0 Å². The van der Waals surface area contributed by atoms with Gasteiger partial charge in [0.2, 0.25) is 0 Å². The highest BCUT2D eigenvalue weighted by Gasteiger charge is 2.35. The number of hydrogen-bond donors (Lipinski definition) is 0. The molecule has 0 amide bonds. The van der Waals surface area contributed by atoms with Crippen molar-refractivity contribution in [1.29, 1.82) is 0 Å². The minimum Gasteiger partial charge on any atom is -0.396 e. The fraction of sp³-hybridized carbons (Fsp3) is 0.240. The van der Waals surface area contributed by atoms with Crippen molar-refractivity contribution in [2.45, 2.75) is 38.7 Å². The van der Waals surface area contributed by atoms with Gasteiger partial charge in [0.1, 0.15) is 6.10 Å². The van der Waals surface area contributed by atoms with Gasteiger partial charge in [-0.3, -0.25) is 4.79 Å². The first-order valence-electron chi connectivity index (χ1n) is 9.75. The molecule has 3 aromatic carbocycles. The van der Waals surface area contributed by atoms with E-state index in [9.17, 15) is 4.79 Å². The number of carbonyl (C=O) groups is 1. The molecular formula is C25H25O2Si. The predicted octanol–water partition coefficient (Wildman–Crippen LogP) is 3.91. The summed E-state index contributed by atoms with van der Waals surface area (Å²) >= 11 is 0. The molecule has 0 bridgehead atoms. The maximum absolute atomic E-state index is 13.2. The third kappa shape index (κ3) is 3.73. The molecule has 0 saturated heterocycles. The van der Waals surface area contributed by atoms with Crippen LogP contribution in [0.25, 0.3) is 0 Å². The van der Waals surface area contributed by atoms with Crippen LogP contribution in [0.2, 0.25) is 0 Å². The summed E-state index contributed by atoms with van der Waals surface area (Å²) in [6, 6.07) is 26.9. The van der Waals surface area contributed by atoms with E-state index in [1.807, 2.05) is 36.4 Å². The van der Waals surface area contributed by atoms with E-state index in [4.69, 9.17) is 4.43 Å². The number of fused-ring (bicyclic) bond motifs is 1. The molecule has 0 saturated carbocycles. The Kier molecular flexibility index (Phi) is 5.05. The van der Waals surface area contributed by atoms with Crippen molar-refractivity contribution in [2.75, 3.05) is 0 Å². The maximum atomic E-state index is 13.2. The Bertz CT molecular complexity index is 935. The number of benzene rings is 3. The van der Waals surface area contributed by atoms with Gasteiger partial charge in [-0.2, -0.15) is 0 Å². The average molecular weight is 386 g/mol. The second kappa shape index (κ2) is 7.49. The standard InChI is InChI=1S/C25H25O2Si/c1-25(2,3)19-15-14-18-16-23(24(26)22(18)17-19)27-28(20-10-6-4-7-11-20)21-12-8-5-9-13-21/h4-15,17,23H,16H2,1-3H3. The van der Waals surface area contributed by atoms with Gasteiger partial charge in [0, 0.05) is 12.0 Å². The fourth-order valence-corrected chi connectivity index (χ4v) is 5.71. The van der Waals surface area contributed by atoms with Gasteiger partial charge in [-0.15, -0.1) is 0 Å². The lowest BCUT2D eigenvalue weighted by Gasteiger charge is -2.20. The van der Waals surface area contributed by atoms with Crippen LogP contribution in [0.4, 0.5) is 0 Å². The quantitative estimate of drug-likeness (QED) is 0.637. The van der Waals surface area contributed by atoms with Gasteiger partial charge < -0.3 is 4.43 Å². The zero-order chi connectivity index (χ0) is 19.7. The number of ketones is 1. The van der Waals surface area contributed by atoms with Crippen molar-refractivity contribution in [3.63, 3.8) is 0 Å². The van der Waals surface area contributed by atoms with Crippen molar-refractivity contribution < 1.29 is 9.22 Å². The summed E-state index contributed by atoms with van der Waals surface area (Å²) in [7, 11) is -1.49. The van der Waals surface area contributed by atoms with E-state index in [-0.39, 0.29) is 11.2 Å². The molecule has 0 aromatic heterocycles. The Labute approximate surface area is 168 Å². The molecule has 0 aliphatic heterocycles. The zero-order valence-electron chi connectivity index (χ0n) is 16.6. The topological polar surface area (TPSA) is 26.3 Å². The normalized spacial score (nSPS) is 16.4. The molecule has 1 aliphatic rings. The largest absolute Gasteiger partial charge is 0.396 e. The van der Waals surface area contributed by atoms with Gasteiger partial charge in [-0.25, -0.2) is 0 Å². The summed E-state index contributed by atoms with van der Waals surface area (Å²) in [5, 5.41) is 2.33. The zero-order valence-corrected chi connectivity index (χ0v) is 17.6. The van der Waals surface area contributed by atoms with Crippen molar-refractivity contribution in [1.82, 2.24) is 0 Å². The third-order valence-electron chi connectivity index (χ3n) is 5.27. The summed E-state index contributed by atoms with van der Waals surface area (Å²) < 4.78 is 6.56. The van der Waals surface area contributed by atoms with E-state index in [1.165, 1.54) is 5.56 Å². The molecule has 3 heteroatoms. The minimum atomic E-state index is -1.49. The van der Waals surface area contributed by atoms with Crippen molar-refractivity contribution in [3.8, 4) is 0 Å². The highest BCUT2D eigenvalue weighted by atomic mass is 28.3. The molecule has 1 aliphatic carbocycles. The highest BCUT2D eigenvalue weighted by molar-refractivity contribution is 6.80. The van der Waals surface area contributed by atoms with Crippen molar-refractivity contribution in [3.05, 3.63) is 95.6 Å². The van der Waals surface area contributed by atoms with Crippen LogP contribution in [0, 0.1) is 0 Å². The van der Waals surface area contributed by atoms with Crippen LogP contribution in [0.3, 0.4) is 0 Å². The molecule has 1 atom stereocenters. The van der Waals surface area contributed by atoms with E-state index >= 15 is 0 Å². The smallest absolute Gasteiger partial charge is 0.283 e. The molecule has 3 aromatic rings. The van der Waals surface area contributed by atoms with Gasteiger partial charge in [0.05, 0.1) is 0 Å². The lowest BCUT2D eigenvalue weighted by Crippen LogP contribution is -2.48. The monoisotopic (exact) mass is 385 g/mol. The van der Waals surface area contributed by atoms with Crippen LogP contribution in [0.15, 0.2) is 78.9 Å². The van der Waals surface area contributed by atoms with Gasteiger partial charge >= 0.3 is 0 Å². The fourth-order valence-electron chi connectivity index (χ4n) is 3.64. The van der Waals surface area contributed by atoms with E-state index in [0.717, 1.165) is 21.5 Å². The maximum Gasteiger partial charge on any atom is 0.283 e. The first kappa shape index (κ1) is 18.9. The first-order chi connectivity index (χ1) is 13.4. The van der Waals surface area contributed by atoms with Crippen molar-refractivity contribution in [2.24, 2.45) is 0 Å². The minimum absolute atomic E-state index is 0.0251. The number of carbonyl (C=O) groups excluding carboxylic acids is 1. The second-order valence-corrected chi connectivity index (χ2v) is 10.4. The van der Waals surface area contributed by atoms with Gasteiger partial charge in [-0.1, -0.05) is 93.6 Å². The Morgan fingerprint density at radius 2 is 1.43 bits per heavy atom. The van der Waals surface area contributed by atoms with E-state index in [1.54, 1.807) is 0 Å². The molecule has 1 radical (unpaired) electrons. The Morgan fingerprint density at radius 1 is 0.857 bits per heavy atom. The van der Waals surface area contributed by atoms with Crippen LogP contribution in [0.5, 0.6) is 0 Å².